The van der Waals surface area contributed by atoms with Crippen LogP contribution in [0.4, 0.5) is 17.3 Å². The number of nitrogens with zero attached hydrogens (tertiary/aromatic N) is 2. The number of hydrogen-bond donors (Lipinski definition) is 3. The van der Waals surface area contributed by atoms with Gasteiger partial charge in [-0.2, -0.15) is 0 Å². The highest BCUT2D eigenvalue weighted by molar-refractivity contribution is 6.07. The van der Waals surface area contributed by atoms with E-state index in [1.807, 2.05) is 66.7 Å². The minimum atomic E-state index is -0.921. The van der Waals surface area contributed by atoms with Crippen LogP contribution in [-0.2, 0) is 6.42 Å². The van der Waals surface area contributed by atoms with Crippen molar-refractivity contribution in [3.05, 3.63) is 108 Å². The molecule has 0 aliphatic carbocycles. The van der Waals surface area contributed by atoms with E-state index in [0.717, 1.165) is 52.0 Å². The molecule has 0 spiro atoms. The number of aromatic nitrogens is 2. The Morgan fingerprint density at radius 2 is 1.54 bits per heavy atom. The Morgan fingerprint density at radius 3 is 2.22 bits per heavy atom. The third kappa shape index (κ3) is 5.51. The van der Waals surface area contributed by atoms with Gasteiger partial charge in [-0.3, -0.25) is 0 Å². The molecule has 0 bridgehead atoms. The number of carboxylic acids is 1. The van der Waals surface area contributed by atoms with Gasteiger partial charge in [0.05, 0.1) is 12.7 Å². The molecule has 37 heavy (non-hydrogen) atoms. The molecule has 1 aromatic heterocycles. The van der Waals surface area contributed by atoms with Gasteiger partial charge in [0.1, 0.15) is 5.75 Å². The van der Waals surface area contributed by atoms with E-state index >= 15 is 0 Å². The average molecular weight is 491 g/mol. The molecule has 7 heteroatoms. The van der Waals surface area contributed by atoms with Crippen LogP contribution in [0.25, 0.3) is 21.9 Å². The maximum Gasteiger partial charge on any atom is 0.336 e. The second-order valence-corrected chi connectivity index (χ2v) is 8.53. The summed E-state index contributed by atoms with van der Waals surface area (Å²) in [5.41, 5.74) is 5.28. The van der Waals surface area contributed by atoms with Gasteiger partial charge >= 0.3 is 5.97 Å². The Balaban J connectivity index is 1.18. The topological polar surface area (TPSA) is 96.4 Å². The van der Waals surface area contributed by atoms with Gasteiger partial charge in [0.15, 0.2) is 0 Å². The monoisotopic (exact) mass is 490 g/mol. The Hall–Kier alpha value is -4.91. The SMILES string of the molecule is COc1ccc(-c2cnc(Nc3ccc(CCNc4ccc(C(=O)O)c5ccccc45)cc3)nc2)cc1. The van der Waals surface area contributed by atoms with Crippen LogP contribution in [0.3, 0.4) is 0 Å². The number of carbonyl (C=O) groups is 1. The van der Waals surface area contributed by atoms with E-state index in [-0.39, 0.29) is 0 Å². The third-order valence-corrected chi connectivity index (χ3v) is 6.17. The quantitative estimate of drug-likeness (QED) is 0.220. The fourth-order valence-electron chi connectivity index (χ4n) is 4.19. The van der Waals surface area contributed by atoms with Gasteiger partial charge in [-0.15, -0.1) is 0 Å². The first kappa shape index (κ1) is 23.8. The maximum atomic E-state index is 11.5. The van der Waals surface area contributed by atoms with Crippen molar-refractivity contribution in [2.24, 2.45) is 0 Å². The molecule has 0 aliphatic rings. The summed E-state index contributed by atoms with van der Waals surface area (Å²) in [5, 5.41) is 17.8. The first-order chi connectivity index (χ1) is 18.1. The number of anilines is 3. The van der Waals surface area contributed by atoms with Crippen molar-refractivity contribution >= 4 is 34.1 Å². The molecule has 184 valence electrons. The molecular formula is C30H26N4O3. The molecule has 0 amide bonds. The predicted molar refractivity (Wildman–Crippen MR) is 147 cm³/mol. The van der Waals surface area contributed by atoms with Gasteiger partial charge in [-0.1, -0.05) is 48.5 Å². The van der Waals surface area contributed by atoms with Gasteiger partial charge in [-0.05, 0) is 59.3 Å². The van der Waals surface area contributed by atoms with E-state index in [1.54, 1.807) is 25.6 Å². The molecule has 0 fully saturated rings. The summed E-state index contributed by atoms with van der Waals surface area (Å²) >= 11 is 0. The van der Waals surface area contributed by atoms with Crippen molar-refractivity contribution in [3.8, 4) is 16.9 Å². The van der Waals surface area contributed by atoms with Crippen molar-refractivity contribution in [2.45, 2.75) is 6.42 Å². The second kappa shape index (κ2) is 10.8. The highest BCUT2D eigenvalue weighted by Crippen LogP contribution is 2.27. The average Bonchev–Trinajstić information content (AvgIpc) is 2.94. The predicted octanol–water partition coefficient (Wildman–Crippen LogP) is 6.40. The van der Waals surface area contributed by atoms with Crippen LogP contribution >= 0.6 is 0 Å². The highest BCUT2D eigenvalue weighted by atomic mass is 16.5. The number of aromatic carboxylic acids is 1. The van der Waals surface area contributed by atoms with E-state index in [0.29, 0.717) is 11.5 Å². The number of fused-ring (bicyclic) bond motifs is 1. The van der Waals surface area contributed by atoms with Crippen LogP contribution in [0.5, 0.6) is 5.75 Å². The van der Waals surface area contributed by atoms with Gasteiger partial charge in [-0.25, -0.2) is 14.8 Å². The molecule has 0 atom stereocenters. The highest BCUT2D eigenvalue weighted by Gasteiger charge is 2.10. The van der Waals surface area contributed by atoms with Crippen molar-refractivity contribution in [1.82, 2.24) is 9.97 Å². The molecule has 4 aromatic carbocycles. The number of hydrogen-bond acceptors (Lipinski definition) is 6. The summed E-state index contributed by atoms with van der Waals surface area (Å²) in [5.74, 6) is 0.420. The zero-order chi connectivity index (χ0) is 25.6. The molecule has 5 rings (SSSR count). The van der Waals surface area contributed by atoms with Crippen LogP contribution < -0.4 is 15.4 Å². The van der Waals surface area contributed by atoms with Crippen molar-refractivity contribution < 1.29 is 14.6 Å². The zero-order valence-corrected chi connectivity index (χ0v) is 20.3. The molecule has 5 aromatic rings. The Labute approximate surface area is 214 Å². The molecule has 0 radical (unpaired) electrons. The van der Waals surface area contributed by atoms with Crippen LogP contribution in [0, 0.1) is 0 Å². The van der Waals surface area contributed by atoms with E-state index in [1.165, 1.54) is 5.56 Å². The van der Waals surface area contributed by atoms with Gasteiger partial charge in [0.25, 0.3) is 0 Å². The minimum Gasteiger partial charge on any atom is -0.497 e. The molecule has 0 saturated heterocycles. The summed E-state index contributed by atoms with van der Waals surface area (Å²) in [6.07, 6.45) is 4.41. The lowest BCUT2D eigenvalue weighted by atomic mass is 10.0. The minimum absolute atomic E-state index is 0.309. The summed E-state index contributed by atoms with van der Waals surface area (Å²) < 4.78 is 5.20. The number of nitrogens with one attached hydrogen (secondary N) is 2. The second-order valence-electron chi connectivity index (χ2n) is 8.53. The molecule has 0 unspecified atom stereocenters. The molecule has 3 N–H and O–H groups in total. The zero-order valence-electron chi connectivity index (χ0n) is 20.3. The summed E-state index contributed by atoms with van der Waals surface area (Å²) in [6.45, 7) is 0.721. The van der Waals surface area contributed by atoms with Crippen LogP contribution in [0.2, 0.25) is 0 Å². The third-order valence-electron chi connectivity index (χ3n) is 6.17. The Kier molecular flexibility index (Phi) is 6.94. The first-order valence-electron chi connectivity index (χ1n) is 11.9. The van der Waals surface area contributed by atoms with Crippen LogP contribution in [-0.4, -0.2) is 34.7 Å². The smallest absolute Gasteiger partial charge is 0.336 e. The molecule has 0 saturated carbocycles. The Morgan fingerprint density at radius 1 is 0.838 bits per heavy atom. The summed E-state index contributed by atoms with van der Waals surface area (Å²) in [6, 6.07) is 27.0. The van der Waals surface area contributed by atoms with E-state index in [2.05, 4.69) is 32.7 Å². The maximum absolute atomic E-state index is 11.5. The standard InChI is InChI=1S/C30H26N4O3/c1-37-24-12-8-21(9-13-24)22-18-32-30(33-19-22)34-23-10-6-20(7-11-23)16-17-31-28-15-14-27(29(35)36)25-4-2-3-5-26(25)28/h2-15,18-19,31H,16-17H2,1H3,(H,35,36)(H,32,33,34). The molecular weight excluding hydrogens is 464 g/mol. The van der Waals surface area contributed by atoms with Gasteiger partial charge < -0.3 is 20.5 Å². The normalized spacial score (nSPS) is 10.7. The molecule has 0 aliphatic heterocycles. The van der Waals surface area contributed by atoms with Crippen molar-refractivity contribution in [1.29, 1.82) is 0 Å². The van der Waals surface area contributed by atoms with Crippen LogP contribution in [0.1, 0.15) is 15.9 Å². The summed E-state index contributed by atoms with van der Waals surface area (Å²) in [4.78, 5) is 20.4. The van der Waals surface area contributed by atoms with Gasteiger partial charge in [0.2, 0.25) is 5.95 Å². The summed E-state index contributed by atoms with van der Waals surface area (Å²) in [7, 11) is 1.65. The lowest BCUT2D eigenvalue weighted by molar-refractivity contribution is 0.0699. The molecule has 1 heterocycles. The number of benzene rings is 4. The number of methoxy groups -OCH3 is 1. The lowest BCUT2D eigenvalue weighted by Gasteiger charge is -2.12. The van der Waals surface area contributed by atoms with Crippen LogP contribution in [0.15, 0.2) is 97.3 Å². The van der Waals surface area contributed by atoms with E-state index < -0.39 is 5.97 Å². The first-order valence-corrected chi connectivity index (χ1v) is 11.9. The lowest BCUT2D eigenvalue weighted by Crippen LogP contribution is -2.06. The number of rotatable bonds is 9. The van der Waals surface area contributed by atoms with E-state index in [4.69, 9.17) is 4.74 Å². The molecule has 7 nitrogen and oxygen atoms in total. The fourth-order valence-corrected chi connectivity index (χ4v) is 4.19. The fraction of sp³-hybridized carbons (Fsp3) is 0.100. The van der Waals surface area contributed by atoms with Crippen molar-refractivity contribution in [3.63, 3.8) is 0 Å². The van der Waals surface area contributed by atoms with Crippen molar-refractivity contribution in [2.75, 3.05) is 24.3 Å². The number of ether oxygens (including phenoxy) is 1. The largest absolute Gasteiger partial charge is 0.497 e. The number of carboxylic acid groups (broad SMARTS) is 1. The van der Waals surface area contributed by atoms with E-state index in [9.17, 15) is 9.90 Å². The Bertz CT molecular complexity index is 1520. The van der Waals surface area contributed by atoms with Gasteiger partial charge in [0, 0.05) is 41.3 Å².